The van der Waals surface area contributed by atoms with E-state index in [9.17, 15) is 4.79 Å². The van der Waals surface area contributed by atoms with E-state index in [0.29, 0.717) is 13.1 Å². The molecule has 1 amide bonds. The third kappa shape index (κ3) is 4.55. The minimum Gasteiger partial charge on any atom is -0.355 e. The van der Waals surface area contributed by atoms with Gasteiger partial charge in [0.1, 0.15) is 0 Å². The number of rotatable bonds is 8. The van der Waals surface area contributed by atoms with Crippen LogP contribution in [0.1, 0.15) is 18.9 Å². The largest absolute Gasteiger partial charge is 0.355 e. The molecule has 2 N–H and O–H groups in total. The van der Waals surface area contributed by atoms with E-state index in [1.165, 1.54) is 0 Å². The molecule has 0 atom stereocenters. The van der Waals surface area contributed by atoms with Crippen molar-refractivity contribution in [1.29, 1.82) is 0 Å². The molecule has 0 bridgehead atoms. The van der Waals surface area contributed by atoms with Gasteiger partial charge in [-0.25, -0.2) is 4.68 Å². The fraction of sp³-hybridized carbons (Fsp3) is 0.250. The standard InChI is InChI=1S/C20H23N5O/c1-2-10-23-19(26)14-22-13-17-15-25(18-6-4-3-5-7-18)24-20(17)16-8-11-21-12-9-16/h3-9,11-12,15,22H,2,10,13-14H2,1H3,(H,23,26). The number of hydrogen-bond acceptors (Lipinski definition) is 4. The maximum atomic E-state index is 11.8. The van der Waals surface area contributed by atoms with Crippen LogP contribution in [0.4, 0.5) is 0 Å². The van der Waals surface area contributed by atoms with Gasteiger partial charge in [-0.05, 0) is 30.7 Å². The number of hydrogen-bond donors (Lipinski definition) is 2. The van der Waals surface area contributed by atoms with Gasteiger partial charge in [-0.2, -0.15) is 5.10 Å². The van der Waals surface area contributed by atoms with E-state index in [1.54, 1.807) is 12.4 Å². The normalized spacial score (nSPS) is 10.7. The zero-order valence-electron chi connectivity index (χ0n) is 14.9. The zero-order valence-corrected chi connectivity index (χ0v) is 14.9. The number of pyridine rings is 1. The van der Waals surface area contributed by atoms with Gasteiger partial charge in [0.25, 0.3) is 0 Å². The van der Waals surface area contributed by atoms with E-state index in [-0.39, 0.29) is 12.5 Å². The van der Waals surface area contributed by atoms with Crippen molar-refractivity contribution in [2.75, 3.05) is 13.1 Å². The zero-order chi connectivity index (χ0) is 18.2. The summed E-state index contributed by atoms with van der Waals surface area (Å²) in [6, 6.07) is 13.9. The van der Waals surface area contributed by atoms with Crippen molar-refractivity contribution in [3.63, 3.8) is 0 Å². The highest BCUT2D eigenvalue weighted by molar-refractivity contribution is 5.78. The van der Waals surface area contributed by atoms with Gasteiger partial charge < -0.3 is 10.6 Å². The van der Waals surface area contributed by atoms with Crippen LogP contribution < -0.4 is 10.6 Å². The molecule has 0 unspecified atom stereocenters. The number of aromatic nitrogens is 3. The summed E-state index contributed by atoms with van der Waals surface area (Å²) in [5.41, 5.74) is 3.91. The van der Waals surface area contributed by atoms with E-state index < -0.39 is 0 Å². The quantitative estimate of drug-likeness (QED) is 0.656. The molecular weight excluding hydrogens is 326 g/mol. The number of nitrogens with zero attached hydrogens (tertiary/aromatic N) is 3. The summed E-state index contributed by atoms with van der Waals surface area (Å²) in [5.74, 6) is 0.00719. The molecule has 0 saturated carbocycles. The van der Waals surface area contributed by atoms with Crippen LogP contribution in [0.25, 0.3) is 16.9 Å². The molecule has 0 fully saturated rings. The first-order chi connectivity index (χ1) is 12.8. The molecule has 0 saturated heterocycles. The Morgan fingerprint density at radius 1 is 1.12 bits per heavy atom. The van der Waals surface area contributed by atoms with E-state index in [4.69, 9.17) is 5.10 Å². The lowest BCUT2D eigenvalue weighted by atomic mass is 10.1. The Morgan fingerprint density at radius 3 is 2.62 bits per heavy atom. The highest BCUT2D eigenvalue weighted by Crippen LogP contribution is 2.23. The van der Waals surface area contributed by atoms with Crippen LogP contribution in [0.15, 0.2) is 61.1 Å². The summed E-state index contributed by atoms with van der Waals surface area (Å²) >= 11 is 0. The second kappa shape index (κ2) is 8.92. The first kappa shape index (κ1) is 17.8. The smallest absolute Gasteiger partial charge is 0.233 e. The molecule has 26 heavy (non-hydrogen) atoms. The fourth-order valence-electron chi connectivity index (χ4n) is 2.64. The topological polar surface area (TPSA) is 71.8 Å². The summed E-state index contributed by atoms with van der Waals surface area (Å²) in [6.07, 6.45) is 6.45. The average Bonchev–Trinajstić information content (AvgIpc) is 3.12. The lowest BCUT2D eigenvalue weighted by Crippen LogP contribution is -2.33. The lowest BCUT2D eigenvalue weighted by Gasteiger charge is -2.06. The number of carbonyl (C=O) groups is 1. The molecule has 1 aromatic carbocycles. The number of para-hydroxylation sites is 1. The van der Waals surface area contributed by atoms with Crippen molar-refractivity contribution >= 4 is 5.91 Å². The molecule has 0 radical (unpaired) electrons. The summed E-state index contributed by atoms with van der Waals surface area (Å²) in [4.78, 5) is 15.8. The molecule has 3 rings (SSSR count). The Bertz CT molecular complexity index is 830. The number of nitrogens with one attached hydrogen (secondary N) is 2. The highest BCUT2D eigenvalue weighted by Gasteiger charge is 2.12. The van der Waals surface area contributed by atoms with Crippen LogP contribution in [-0.2, 0) is 11.3 Å². The van der Waals surface area contributed by atoms with E-state index in [2.05, 4.69) is 15.6 Å². The maximum Gasteiger partial charge on any atom is 0.233 e. The van der Waals surface area contributed by atoms with Gasteiger partial charge >= 0.3 is 0 Å². The SMILES string of the molecule is CCCNC(=O)CNCc1cn(-c2ccccc2)nc1-c1ccncc1. The van der Waals surface area contributed by atoms with Crippen molar-refractivity contribution in [3.8, 4) is 16.9 Å². The summed E-state index contributed by atoms with van der Waals surface area (Å²) in [7, 11) is 0. The van der Waals surface area contributed by atoms with Gasteiger partial charge in [0.15, 0.2) is 0 Å². The van der Waals surface area contributed by atoms with Gasteiger partial charge in [-0.15, -0.1) is 0 Å². The summed E-state index contributed by atoms with van der Waals surface area (Å²) in [5, 5.41) is 10.8. The predicted molar refractivity (Wildman–Crippen MR) is 102 cm³/mol. The monoisotopic (exact) mass is 349 g/mol. The van der Waals surface area contributed by atoms with Crippen LogP contribution in [-0.4, -0.2) is 33.8 Å². The molecule has 134 valence electrons. The molecule has 6 nitrogen and oxygen atoms in total. The van der Waals surface area contributed by atoms with Crippen LogP contribution in [0.2, 0.25) is 0 Å². The Kier molecular flexibility index (Phi) is 6.11. The number of carbonyl (C=O) groups excluding carboxylic acids is 1. The Hall–Kier alpha value is -2.99. The van der Waals surface area contributed by atoms with Crippen molar-refractivity contribution in [2.24, 2.45) is 0 Å². The molecule has 0 aliphatic carbocycles. The van der Waals surface area contributed by atoms with Gasteiger partial charge in [-0.3, -0.25) is 9.78 Å². The summed E-state index contributed by atoms with van der Waals surface area (Å²) in [6.45, 7) is 3.58. The molecule has 0 aliphatic heterocycles. The molecular formula is C20H23N5O. The Labute approximate surface area is 153 Å². The minimum atomic E-state index is 0.00719. The lowest BCUT2D eigenvalue weighted by molar-refractivity contribution is -0.120. The maximum absolute atomic E-state index is 11.8. The van der Waals surface area contributed by atoms with Gasteiger partial charge in [0.2, 0.25) is 5.91 Å². The van der Waals surface area contributed by atoms with Crippen molar-refractivity contribution in [1.82, 2.24) is 25.4 Å². The first-order valence-electron chi connectivity index (χ1n) is 8.79. The van der Waals surface area contributed by atoms with Crippen LogP contribution in [0.5, 0.6) is 0 Å². The fourth-order valence-corrected chi connectivity index (χ4v) is 2.64. The molecule has 2 aromatic heterocycles. The van der Waals surface area contributed by atoms with Gasteiger partial charge in [-0.1, -0.05) is 25.1 Å². The molecule has 2 heterocycles. The predicted octanol–water partition coefficient (Wildman–Crippen LogP) is 2.55. The second-order valence-electron chi connectivity index (χ2n) is 5.97. The van der Waals surface area contributed by atoms with Gasteiger partial charge in [0, 0.05) is 42.8 Å². The number of amides is 1. The Balaban J connectivity index is 1.79. The summed E-state index contributed by atoms with van der Waals surface area (Å²) < 4.78 is 1.87. The third-order valence-electron chi connectivity index (χ3n) is 3.94. The highest BCUT2D eigenvalue weighted by atomic mass is 16.1. The third-order valence-corrected chi connectivity index (χ3v) is 3.94. The molecule has 0 aliphatic rings. The Morgan fingerprint density at radius 2 is 1.88 bits per heavy atom. The molecule has 0 spiro atoms. The second-order valence-corrected chi connectivity index (χ2v) is 5.97. The van der Waals surface area contributed by atoms with Crippen molar-refractivity contribution < 1.29 is 4.79 Å². The van der Waals surface area contributed by atoms with Gasteiger partial charge in [0.05, 0.1) is 17.9 Å². The molecule has 6 heteroatoms. The van der Waals surface area contributed by atoms with Crippen molar-refractivity contribution in [3.05, 3.63) is 66.6 Å². The van der Waals surface area contributed by atoms with E-state index in [0.717, 1.165) is 28.9 Å². The van der Waals surface area contributed by atoms with E-state index in [1.807, 2.05) is 60.3 Å². The van der Waals surface area contributed by atoms with Crippen molar-refractivity contribution in [2.45, 2.75) is 19.9 Å². The average molecular weight is 349 g/mol. The van der Waals surface area contributed by atoms with Crippen LogP contribution >= 0.6 is 0 Å². The number of benzene rings is 1. The van der Waals surface area contributed by atoms with Crippen LogP contribution in [0.3, 0.4) is 0 Å². The molecule has 3 aromatic rings. The van der Waals surface area contributed by atoms with E-state index >= 15 is 0 Å². The first-order valence-corrected chi connectivity index (χ1v) is 8.79. The van der Waals surface area contributed by atoms with Crippen LogP contribution in [0, 0.1) is 0 Å². The minimum absolute atomic E-state index is 0.00719.